The van der Waals surface area contributed by atoms with Crippen molar-refractivity contribution in [2.45, 2.75) is 18.7 Å². The van der Waals surface area contributed by atoms with Crippen LogP contribution in [-0.2, 0) is 16.1 Å². The minimum Gasteiger partial charge on any atom is -0.467 e. The van der Waals surface area contributed by atoms with E-state index in [1.54, 1.807) is 0 Å². The molecule has 0 aliphatic carbocycles. The Morgan fingerprint density at radius 1 is 1.21 bits per heavy atom. The van der Waals surface area contributed by atoms with E-state index in [0.717, 1.165) is 5.56 Å². The predicted molar refractivity (Wildman–Crippen MR) is 87.1 cm³/mol. The maximum absolute atomic E-state index is 11.7. The average Bonchev–Trinajstić information content (AvgIpc) is 2.62. The Kier molecular flexibility index (Phi) is 6.00. The number of carbonyl (C=O) groups is 1. The summed E-state index contributed by atoms with van der Waals surface area (Å²) >= 11 is 0. The van der Waals surface area contributed by atoms with Gasteiger partial charge in [-0.1, -0.05) is 42.5 Å². The zero-order chi connectivity index (χ0) is 17.5. The van der Waals surface area contributed by atoms with Crippen LogP contribution in [0.5, 0.6) is 0 Å². The van der Waals surface area contributed by atoms with Gasteiger partial charge in [0.1, 0.15) is 0 Å². The van der Waals surface area contributed by atoms with Crippen molar-refractivity contribution in [3.63, 3.8) is 0 Å². The lowest BCUT2D eigenvalue weighted by atomic mass is 10.0. The molecule has 0 aromatic heterocycles. The highest BCUT2D eigenvalue weighted by Crippen LogP contribution is 2.22. The molecule has 7 heteroatoms. The third-order valence-corrected chi connectivity index (χ3v) is 3.59. The first-order chi connectivity index (χ1) is 11.5. The van der Waals surface area contributed by atoms with Crippen LogP contribution in [0.2, 0.25) is 0 Å². The third kappa shape index (κ3) is 4.37. The van der Waals surface area contributed by atoms with Crippen LogP contribution < -0.4 is 5.32 Å². The fraction of sp³-hybridized carbons (Fsp3) is 0.235. The standard InChI is InChI=1S/C17H18N2O5/c1-24-17(21)16(20)15(18-11-12-5-3-2-4-6-12)13-7-9-14(10-8-13)19(22)23/h2-10,15-16,18,20H,11H2,1H3/t15-,16+/m0/s1. The normalized spacial score (nSPS) is 13.1. The van der Waals surface area contributed by atoms with Crippen LogP contribution in [0, 0.1) is 10.1 Å². The summed E-state index contributed by atoms with van der Waals surface area (Å²) in [5.74, 6) is -0.779. The summed E-state index contributed by atoms with van der Waals surface area (Å²) in [6.45, 7) is 0.413. The number of hydrogen-bond donors (Lipinski definition) is 2. The lowest BCUT2D eigenvalue weighted by molar-refractivity contribution is -0.384. The molecular weight excluding hydrogens is 312 g/mol. The van der Waals surface area contributed by atoms with Crippen LogP contribution in [0.1, 0.15) is 17.2 Å². The van der Waals surface area contributed by atoms with Crippen LogP contribution in [-0.4, -0.2) is 29.2 Å². The van der Waals surface area contributed by atoms with Gasteiger partial charge in [-0.2, -0.15) is 0 Å². The Bertz CT molecular complexity index is 688. The number of ether oxygens (including phenoxy) is 1. The molecule has 0 aliphatic rings. The van der Waals surface area contributed by atoms with Crippen LogP contribution in [0.25, 0.3) is 0 Å². The highest BCUT2D eigenvalue weighted by atomic mass is 16.6. The molecule has 2 N–H and O–H groups in total. The fourth-order valence-electron chi connectivity index (χ4n) is 2.30. The molecule has 0 fully saturated rings. The second kappa shape index (κ2) is 8.19. The second-order valence-electron chi connectivity index (χ2n) is 5.16. The third-order valence-electron chi connectivity index (χ3n) is 3.59. The van der Waals surface area contributed by atoms with E-state index in [0.29, 0.717) is 12.1 Å². The summed E-state index contributed by atoms with van der Waals surface area (Å²) in [6, 6.07) is 14.4. The van der Waals surface area contributed by atoms with Crippen molar-refractivity contribution < 1.29 is 19.6 Å². The van der Waals surface area contributed by atoms with Gasteiger partial charge in [-0.25, -0.2) is 4.79 Å². The van der Waals surface area contributed by atoms with E-state index in [4.69, 9.17) is 0 Å². The molecule has 126 valence electrons. The van der Waals surface area contributed by atoms with Crippen molar-refractivity contribution in [1.82, 2.24) is 5.32 Å². The van der Waals surface area contributed by atoms with E-state index < -0.39 is 23.0 Å². The van der Waals surface area contributed by atoms with Crippen molar-refractivity contribution in [2.75, 3.05) is 7.11 Å². The molecule has 0 aliphatic heterocycles. The number of nitro benzene ring substituents is 1. The molecule has 0 radical (unpaired) electrons. The molecule has 24 heavy (non-hydrogen) atoms. The molecule has 2 aromatic carbocycles. The summed E-state index contributed by atoms with van der Waals surface area (Å²) in [4.78, 5) is 21.9. The molecule has 2 atom stereocenters. The number of non-ortho nitro benzene ring substituents is 1. The van der Waals surface area contributed by atoms with Gasteiger partial charge in [-0.15, -0.1) is 0 Å². The molecule has 0 amide bonds. The predicted octanol–water partition coefficient (Wildman–Crippen LogP) is 1.96. The summed E-state index contributed by atoms with van der Waals surface area (Å²) < 4.78 is 4.59. The van der Waals surface area contributed by atoms with Crippen molar-refractivity contribution in [2.24, 2.45) is 0 Å². The Labute approximate surface area is 139 Å². The summed E-state index contributed by atoms with van der Waals surface area (Å²) in [6.07, 6.45) is -1.43. The van der Waals surface area contributed by atoms with Gasteiger partial charge in [-0.05, 0) is 11.1 Å². The topological polar surface area (TPSA) is 102 Å². The quantitative estimate of drug-likeness (QED) is 0.457. The highest BCUT2D eigenvalue weighted by Gasteiger charge is 2.28. The van der Waals surface area contributed by atoms with E-state index in [9.17, 15) is 20.0 Å². The van der Waals surface area contributed by atoms with Gasteiger partial charge in [0.25, 0.3) is 5.69 Å². The molecule has 0 saturated heterocycles. The molecule has 0 unspecified atom stereocenters. The molecule has 0 spiro atoms. The molecule has 0 bridgehead atoms. The number of nitrogens with one attached hydrogen (secondary N) is 1. The van der Waals surface area contributed by atoms with Crippen molar-refractivity contribution >= 4 is 11.7 Å². The largest absolute Gasteiger partial charge is 0.467 e. The van der Waals surface area contributed by atoms with Gasteiger partial charge < -0.3 is 15.2 Å². The van der Waals surface area contributed by atoms with E-state index in [-0.39, 0.29) is 5.69 Å². The van der Waals surface area contributed by atoms with E-state index in [1.807, 2.05) is 30.3 Å². The van der Waals surface area contributed by atoms with Crippen molar-refractivity contribution in [1.29, 1.82) is 0 Å². The lowest BCUT2D eigenvalue weighted by Crippen LogP contribution is -2.37. The van der Waals surface area contributed by atoms with Crippen LogP contribution >= 0.6 is 0 Å². The van der Waals surface area contributed by atoms with Gasteiger partial charge in [0.15, 0.2) is 6.10 Å². The molecule has 2 aromatic rings. The maximum Gasteiger partial charge on any atom is 0.336 e. The number of carbonyl (C=O) groups excluding carboxylic acids is 1. The van der Waals surface area contributed by atoms with Gasteiger partial charge in [0.05, 0.1) is 18.1 Å². The minimum atomic E-state index is -1.43. The number of aliphatic hydroxyl groups is 1. The van der Waals surface area contributed by atoms with Gasteiger partial charge >= 0.3 is 5.97 Å². The lowest BCUT2D eigenvalue weighted by Gasteiger charge is -2.23. The zero-order valence-corrected chi connectivity index (χ0v) is 13.1. The molecule has 2 rings (SSSR count). The number of nitrogens with zero attached hydrogens (tertiary/aromatic N) is 1. The minimum absolute atomic E-state index is 0.0619. The van der Waals surface area contributed by atoms with E-state index >= 15 is 0 Å². The first-order valence-electron chi connectivity index (χ1n) is 7.30. The Morgan fingerprint density at radius 2 is 1.83 bits per heavy atom. The molecular formula is C17H18N2O5. The molecule has 7 nitrogen and oxygen atoms in total. The number of nitro groups is 1. The van der Waals surface area contributed by atoms with E-state index in [1.165, 1.54) is 31.4 Å². The number of rotatable bonds is 7. The van der Waals surface area contributed by atoms with Crippen molar-refractivity contribution in [3.8, 4) is 0 Å². The highest BCUT2D eigenvalue weighted by molar-refractivity contribution is 5.75. The Balaban J connectivity index is 2.21. The van der Waals surface area contributed by atoms with E-state index in [2.05, 4.69) is 10.1 Å². The second-order valence-corrected chi connectivity index (χ2v) is 5.16. The van der Waals surface area contributed by atoms with Crippen molar-refractivity contribution in [3.05, 3.63) is 75.8 Å². The van der Waals surface area contributed by atoms with Crippen LogP contribution in [0.4, 0.5) is 5.69 Å². The Morgan fingerprint density at radius 3 is 2.38 bits per heavy atom. The summed E-state index contributed by atoms with van der Waals surface area (Å²) in [7, 11) is 1.19. The SMILES string of the molecule is COC(=O)[C@H](O)[C@@H](NCc1ccccc1)c1ccc([N+](=O)[O-])cc1. The number of esters is 1. The fourth-order valence-corrected chi connectivity index (χ4v) is 2.30. The monoisotopic (exact) mass is 330 g/mol. The van der Waals surface area contributed by atoms with Crippen LogP contribution in [0.15, 0.2) is 54.6 Å². The summed E-state index contributed by atoms with van der Waals surface area (Å²) in [5.41, 5.74) is 1.46. The van der Waals surface area contributed by atoms with Gasteiger partial charge in [-0.3, -0.25) is 10.1 Å². The van der Waals surface area contributed by atoms with Gasteiger partial charge in [0, 0.05) is 18.7 Å². The first-order valence-corrected chi connectivity index (χ1v) is 7.30. The molecule has 0 saturated carbocycles. The first kappa shape index (κ1) is 17.6. The smallest absolute Gasteiger partial charge is 0.336 e. The number of hydrogen-bond acceptors (Lipinski definition) is 6. The maximum atomic E-state index is 11.7. The number of methoxy groups -OCH3 is 1. The number of benzene rings is 2. The molecule has 0 heterocycles. The van der Waals surface area contributed by atoms with Gasteiger partial charge in [0.2, 0.25) is 0 Å². The average molecular weight is 330 g/mol. The number of aliphatic hydroxyl groups excluding tert-OH is 1. The summed E-state index contributed by atoms with van der Waals surface area (Å²) in [5, 5.41) is 24.1. The zero-order valence-electron chi connectivity index (χ0n) is 13.1. The Hall–Kier alpha value is -2.77. The van der Waals surface area contributed by atoms with Crippen LogP contribution in [0.3, 0.4) is 0 Å².